The molecule has 0 spiro atoms. The Hall–Kier alpha value is -2.26. The Bertz CT molecular complexity index is 944. The molecule has 0 atom stereocenters. The zero-order chi connectivity index (χ0) is 16.6. The predicted molar refractivity (Wildman–Crippen MR) is 95.5 cm³/mol. The van der Waals surface area contributed by atoms with E-state index in [0.29, 0.717) is 17.2 Å². The zero-order valence-corrected chi connectivity index (χ0v) is 14.1. The number of aryl methyl sites for hydroxylation is 3. The fraction of sp³-hybridized carbons (Fsp3) is 0.211. The van der Waals surface area contributed by atoms with Crippen LogP contribution in [-0.2, 0) is 6.54 Å². The minimum absolute atomic E-state index is 0.350. The highest BCUT2D eigenvalue weighted by molar-refractivity contribution is 6.32. The molecule has 1 heterocycles. The van der Waals surface area contributed by atoms with Crippen molar-refractivity contribution < 1.29 is 4.42 Å². The number of rotatable bonds is 3. The Morgan fingerprint density at radius 1 is 1.04 bits per heavy atom. The first-order valence-corrected chi connectivity index (χ1v) is 7.86. The molecule has 0 aliphatic heterocycles. The molecule has 1 aromatic heterocycles. The van der Waals surface area contributed by atoms with Crippen molar-refractivity contribution in [3.8, 4) is 0 Å². The van der Waals surface area contributed by atoms with Crippen LogP contribution in [0.1, 0.15) is 22.3 Å². The van der Waals surface area contributed by atoms with Crippen LogP contribution in [0.3, 0.4) is 0 Å². The van der Waals surface area contributed by atoms with Gasteiger partial charge >= 0.3 is 5.63 Å². The molecular formula is C19H18ClNO2. The highest BCUT2D eigenvalue weighted by atomic mass is 35.5. The van der Waals surface area contributed by atoms with Crippen LogP contribution in [0.15, 0.2) is 45.6 Å². The van der Waals surface area contributed by atoms with Gasteiger partial charge in [-0.2, -0.15) is 0 Å². The number of hydrogen-bond donors (Lipinski definition) is 1. The molecule has 4 heteroatoms. The fourth-order valence-electron chi connectivity index (χ4n) is 2.61. The van der Waals surface area contributed by atoms with E-state index in [-0.39, 0.29) is 5.63 Å². The molecule has 2 aromatic carbocycles. The van der Waals surface area contributed by atoms with Gasteiger partial charge in [-0.3, -0.25) is 0 Å². The second-order valence-electron chi connectivity index (χ2n) is 5.86. The standard InChI is InChI=1S/C19H18ClNO2/c1-11-4-5-12(2)17(6-11)21-10-14-8-19(22)23-18-7-13(3)16(20)9-15(14)18/h4-9,21H,10H2,1-3H3. The van der Waals surface area contributed by atoms with Gasteiger partial charge in [-0.1, -0.05) is 23.7 Å². The van der Waals surface area contributed by atoms with Gasteiger partial charge in [-0.05, 0) is 61.2 Å². The van der Waals surface area contributed by atoms with E-state index < -0.39 is 0 Å². The Morgan fingerprint density at radius 2 is 1.83 bits per heavy atom. The summed E-state index contributed by atoms with van der Waals surface area (Å²) in [6.07, 6.45) is 0. The maximum atomic E-state index is 11.8. The molecule has 0 radical (unpaired) electrons. The second kappa shape index (κ2) is 6.09. The molecule has 0 unspecified atom stereocenters. The van der Waals surface area contributed by atoms with Crippen molar-refractivity contribution in [3.05, 3.63) is 74.1 Å². The quantitative estimate of drug-likeness (QED) is 0.689. The van der Waals surface area contributed by atoms with Gasteiger partial charge in [0, 0.05) is 28.7 Å². The Labute approximate surface area is 139 Å². The summed E-state index contributed by atoms with van der Waals surface area (Å²) in [7, 11) is 0. The zero-order valence-electron chi connectivity index (χ0n) is 13.4. The van der Waals surface area contributed by atoms with Crippen molar-refractivity contribution >= 4 is 28.3 Å². The first-order valence-electron chi connectivity index (χ1n) is 7.48. The summed E-state index contributed by atoms with van der Waals surface area (Å²) in [6, 6.07) is 11.4. The normalized spacial score (nSPS) is 11.0. The lowest BCUT2D eigenvalue weighted by molar-refractivity contribution is 0.559. The Kier molecular flexibility index (Phi) is 4.14. The van der Waals surface area contributed by atoms with Gasteiger partial charge in [-0.25, -0.2) is 4.79 Å². The molecule has 0 bridgehead atoms. The number of nitrogens with one attached hydrogen (secondary N) is 1. The van der Waals surface area contributed by atoms with Gasteiger partial charge in [0.2, 0.25) is 0 Å². The minimum atomic E-state index is -0.350. The number of anilines is 1. The van der Waals surface area contributed by atoms with Crippen LogP contribution < -0.4 is 10.9 Å². The van der Waals surface area contributed by atoms with Crippen LogP contribution in [0.25, 0.3) is 11.0 Å². The first kappa shape index (κ1) is 15.6. The first-order chi connectivity index (χ1) is 10.9. The summed E-state index contributed by atoms with van der Waals surface area (Å²) in [5.41, 5.74) is 5.39. The molecule has 0 amide bonds. The molecule has 3 rings (SSSR count). The summed E-state index contributed by atoms with van der Waals surface area (Å²) in [5.74, 6) is 0. The van der Waals surface area contributed by atoms with Crippen LogP contribution in [0.2, 0.25) is 5.02 Å². The fourth-order valence-corrected chi connectivity index (χ4v) is 2.77. The molecule has 3 nitrogen and oxygen atoms in total. The maximum Gasteiger partial charge on any atom is 0.336 e. The third-order valence-electron chi connectivity index (χ3n) is 3.97. The average molecular weight is 328 g/mol. The number of halogens is 1. The van der Waals surface area contributed by atoms with E-state index in [1.807, 2.05) is 13.0 Å². The maximum absolute atomic E-state index is 11.8. The SMILES string of the molecule is Cc1ccc(C)c(NCc2cc(=O)oc3cc(C)c(Cl)cc23)c1. The molecule has 0 saturated heterocycles. The molecule has 0 aliphatic carbocycles. The van der Waals surface area contributed by atoms with Crippen LogP contribution >= 0.6 is 11.6 Å². The number of benzene rings is 2. The van der Waals surface area contributed by atoms with Gasteiger partial charge in [-0.15, -0.1) is 0 Å². The largest absolute Gasteiger partial charge is 0.423 e. The van der Waals surface area contributed by atoms with E-state index in [0.717, 1.165) is 27.8 Å². The summed E-state index contributed by atoms with van der Waals surface area (Å²) in [5, 5.41) is 4.93. The Balaban J connectivity index is 2.01. The lowest BCUT2D eigenvalue weighted by Gasteiger charge is -2.12. The topological polar surface area (TPSA) is 42.2 Å². The van der Waals surface area contributed by atoms with Crippen molar-refractivity contribution in [3.63, 3.8) is 0 Å². The van der Waals surface area contributed by atoms with Gasteiger partial charge in [0.1, 0.15) is 5.58 Å². The third kappa shape index (κ3) is 3.25. The molecule has 23 heavy (non-hydrogen) atoms. The van der Waals surface area contributed by atoms with Gasteiger partial charge in [0.15, 0.2) is 0 Å². The minimum Gasteiger partial charge on any atom is -0.423 e. The van der Waals surface area contributed by atoms with E-state index in [1.165, 1.54) is 11.6 Å². The molecule has 0 fully saturated rings. The van der Waals surface area contributed by atoms with Gasteiger partial charge < -0.3 is 9.73 Å². The molecular weight excluding hydrogens is 310 g/mol. The van der Waals surface area contributed by atoms with Crippen LogP contribution in [0, 0.1) is 20.8 Å². The highest BCUT2D eigenvalue weighted by Crippen LogP contribution is 2.26. The summed E-state index contributed by atoms with van der Waals surface area (Å²) in [4.78, 5) is 11.8. The molecule has 3 aromatic rings. The van der Waals surface area contributed by atoms with E-state index in [1.54, 1.807) is 6.07 Å². The molecule has 0 saturated carbocycles. The van der Waals surface area contributed by atoms with Crippen LogP contribution in [0.5, 0.6) is 0 Å². The van der Waals surface area contributed by atoms with Gasteiger partial charge in [0.25, 0.3) is 0 Å². The van der Waals surface area contributed by atoms with Crippen molar-refractivity contribution in [2.24, 2.45) is 0 Å². The van der Waals surface area contributed by atoms with Crippen molar-refractivity contribution in [1.82, 2.24) is 0 Å². The number of fused-ring (bicyclic) bond motifs is 1. The monoisotopic (exact) mass is 327 g/mol. The molecule has 1 N–H and O–H groups in total. The van der Waals surface area contributed by atoms with Crippen molar-refractivity contribution in [2.45, 2.75) is 27.3 Å². The van der Waals surface area contributed by atoms with Gasteiger partial charge in [0.05, 0.1) is 0 Å². The van der Waals surface area contributed by atoms with Crippen molar-refractivity contribution in [2.75, 3.05) is 5.32 Å². The van der Waals surface area contributed by atoms with E-state index in [2.05, 4.69) is 37.4 Å². The lowest BCUT2D eigenvalue weighted by Crippen LogP contribution is -2.07. The number of hydrogen-bond acceptors (Lipinski definition) is 3. The molecule has 118 valence electrons. The van der Waals surface area contributed by atoms with E-state index >= 15 is 0 Å². The average Bonchev–Trinajstić information content (AvgIpc) is 2.49. The predicted octanol–water partition coefficient (Wildman–Crippen LogP) is 4.98. The smallest absolute Gasteiger partial charge is 0.336 e. The van der Waals surface area contributed by atoms with Crippen LogP contribution in [0.4, 0.5) is 5.69 Å². The van der Waals surface area contributed by atoms with E-state index in [9.17, 15) is 4.79 Å². The third-order valence-corrected chi connectivity index (χ3v) is 4.38. The highest BCUT2D eigenvalue weighted by Gasteiger charge is 2.09. The lowest BCUT2D eigenvalue weighted by atomic mass is 10.1. The van der Waals surface area contributed by atoms with Crippen LogP contribution in [-0.4, -0.2) is 0 Å². The molecule has 0 aliphatic rings. The summed E-state index contributed by atoms with van der Waals surface area (Å²) in [6.45, 7) is 6.54. The van der Waals surface area contributed by atoms with E-state index in [4.69, 9.17) is 16.0 Å². The Morgan fingerprint density at radius 3 is 2.61 bits per heavy atom. The summed E-state index contributed by atoms with van der Waals surface area (Å²) < 4.78 is 5.29. The second-order valence-corrected chi connectivity index (χ2v) is 6.27. The summed E-state index contributed by atoms with van der Waals surface area (Å²) >= 11 is 6.22. The van der Waals surface area contributed by atoms with Crippen molar-refractivity contribution in [1.29, 1.82) is 0 Å².